The van der Waals surface area contributed by atoms with Crippen LogP contribution in [0.4, 0.5) is 0 Å². The van der Waals surface area contributed by atoms with Crippen LogP contribution in [0.1, 0.15) is 39.2 Å². The minimum atomic E-state index is 0.542. The van der Waals surface area contributed by atoms with Crippen molar-refractivity contribution < 1.29 is 0 Å². The van der Waals surface area contributed by atoms with Gasteiger partial charge in [0.25, 0.3) is 0 Å². The van der Waals surface area contributed by atoms with Crippen LogP contribution in [-0.4, -0.2) is 30.6 Å². The van der Waals surface area contributed by atoms with E-state index in [0.717, 1.165) is 29.1 Å². The third-order valence-electron chi connectivity index (χ3n) is 3.64. The molecule has 0 aliphatic heterocycles. The van der Waals surface area contributed by atoms with Crippen LogP contribution >= 0.6 is 27.5 Å². The van der Waals surface area contributed by atoms with Crippen LogP contribution in [-0.2, 0) is 6.54 Å². The van der Waals surface area contributed by atoms with E-state index in [0.29, 0.717) is 6.04 Å². The van der Waals surface area contributed by atoms with Crippen LogP contribution in [0.5, 0.6) is 0 Å². The number of halogens is 2. The van der Waals surface area contributed by atoms with Gasteiger partial charge in [-0.1, -0.05) is 31.5 Å². The summed E-state index contributed by atoms with van der Waals surface area (Å²) in [6.45, 7) is 11.1. The zero-order chi connectivity index (χ0) is 15.0. The first kappa shape index (κ1) is 18.0. The van der Waals surface area contributed by atoms with Crippen molar-refractivity contribution in [1.29, 1.82) is 0 Å². The summed E-state index contributed by atoms with van der Waals surface area (Å²) >= 11 is 9.46. The van der Waals surface area contributed by atoms with E-state index in [-0.39, 0.29) is 0 Å². The second-order valence-electron chi connectivity index (χ2n) is 5.20. The van der Waals surface area contributed by atoms with E-state index in [2.05, 4.69) is 59.1 Å². The summed E-state index contributed by atoms with van der Waals surface area (Å²) in [7, 11) is 0. The molecule has 0 spiro atoms. The zero-order valence-corrected chi connectivity index (χ0v) is 15.1. The predicted molar refractivity (Wildman–Crippen MR) is 92.5 cm³/mol. The minimum absolute atomic E-state index is 0.542. The van der Waals surface area contributed by atoms with Crippen LogP contribution in [0.25, 0.3) is 0 Å². The molecule has 1 aromatic carbocycles. The second kappa shape index (κ2) is 9.78. The van der Waals surface area contributed by atoms with Gasteiger partial charge in [-0.3, -0.25) is 0 Å². The zero-order valence-electron chi connectivity index (χ0n) is 12.8. The highest BCUT2D eigenvalue weighted by Gasteiger charge is 2.05. The Morgan fingerprint density at radius 3 is 2.60 bits per heavy atom. The molecule has 0 saturated carbocycles. The Bertz CT molecular complexity index is 394. The SMILES string of the molecule is CCN(CC)CCCC(C)NCc1ccc(Cl)c(Br)c1. The van der Waals surface area contributed by atoms with Crippen molar-refractivity contribution in [3.8, 4) is 0 Å². The Morgan fingerprint density at radius 1 is 1.30 bits per heavy atom. The highest BCUT2D eigenvalue weighted by atomic mass is 79.9. The quantitative estimate of drug-likeness (QED) is 0.685. The van der Waals surface area contributed by atoms with Gasteiger partial charge < -0.3 is 10.2 Å². The summed E-state index contributed by atoms with van der Waals surface area (Å²) in [5, 5.41) is 4.34. The molecule has 0 fully saturated rings. The predicted octanol–water partition coefficient (Wildman–Crippen LogP) is 4.70. The monoisotopic (exact) mass is 360 g/mol. The standard InChI is InChI=1S/C16H26BrClN2/c1-4-20(5-2)10-6-7-13(3)19-12-14-8-9-16(18)15(17)11-14/h8-9,11,13,19H,4-7,10,12H2,1-3H3. The normalized spacial score (nSPS) is 12.9. The molecule has 4 heteroatoms. The van der Waals surface area contributed by atoms with E-state index in [4.69, 9.17) is 11.6 Å². The van der Waals surface area contributed by atoms with E-state index in [1.165, 1.54) is 24.9 Å². The highest BCUT2D eigenvalue weighted by molar-refractivity contribution is 9.10. The van der Waals surface area contributed by atoms with Gasteiger partial charge in [-0.2, -0.15) is 0 Å². The van der Waals surface area contributed by atoms with Crippen molar-refractivity contribution in [2.24, 2.45) is 0 Å². The smallest absolute Gasteiger partial charge is 0.0548 e. The van der Waals surface area contributed by atoms with E-state index in [9.17, 15) is 0 Å². The molecule has 1 aromatic rings. The molecule has 0 bridgehead atoms. The van der Waals surface area contributed by atoms with Gasteiger partial charge in [0.1, 0.15) is 0 Å². The Balaban J connectivity index is 2.25. The number of hydrogen-bond acceptors (Lipinski definition) is 2. The average molecular weight is 362 g/mol. The van der Waals surface area contributed by atoms with E-state index in [1.54, 1.807) is 0 Å². The summed E-state index contributed by atoms with van der Waals surface area (Å²) in [6, 6.07) is 6.63. The van der Waals surface area contributed by atoms with Crippen molar-refractivity contribution in [2.45, 2.75) is 46.2 Å². The Hall–Kier alpha value is -0.0900. The van der Waals surface area contributed by atoms with Crippen LogP contribution in [0.2, 0.25) is 5.02 Å². The van der Waals surface area contributed by atoms with Crippen molar-refractivity contribution in [1.82, 2.24) is 10.2 Å². The molecule has 1 atom stereocenters. The molecule has 0 radical (unpaired) electrons. The Labute approximate surface area is 137 Å². The van der Waals surface area contributed by atoms with Gasteiger partial charge >= 0.3 is 0 Å². The van der Waals surface area contributed by atoms with Gasteiger partial charge in [-0.25, -0.2) is 0 Å². The number of benzene rings is 1. The summed E-state index contributed by atoms with van der Waals surface area (Å²) in [5.74, 6) is 0. The molecule has 114 valence electrons. The number of hydrogen-bond donors (Lipinski definition) is 1. The van der Waals surface area contributed by atoms with Crippen LogP contribution in [0.15, 0.2) is 22.7 Å². The van der Waals surface area contributed by atoms with Crippen LogP contribution < -0.4 is 5.32 Å². The van der Waals surface area contributed by atoms with E-state index >= 15 is 0 Å². The summed E-state index contributed by atoms with van der Waals surface area (Å²) < 4.78 is 0.965. The van der Waals surface area contributed by atoms with E-state index < -0.39 is 0 Å². The molecule has 1 N–H and O–H groups in total. The third kappa shape index (κ3) is 6.57. The maximum absolute atomic E-state index is 6.00. The van der Waals surface area contributed by atoms with Gasteiger partial charge in [0.05, 0.1) is 5.02 Å². The first-order valence-corrected chi connectivity index (χ1v) is 8.63. The fourth-order valence-electron chi connectivity index (χ4n) is 2.20. The summed E-state index contributed by atoms with van der Waals surface area (Å²) in [4.78, 5) is 2.48. The van der Waals surface area contributed by atoms with E-state index in [1.807, 2.05) is 6.07 Å². The number of nitrogens with zero attached hydrogens (tertiary/aromatic N) is 1. The van der Waals surface area contributed by atoms with Gasteiger partial charge in [-0.15, -0.1) is 0 Å². The van der Waals surface area contributed by atoms with Gasteiger partial charge in [0.15, 0.2) is 0 Å². The molecule has 1 rings (SSSR count). The molecule has 0 amide bonds. The maximum atomic E-state index is 6.00. The average Bonchev–Trinajstić information content (AvgIpc) is 2.45. The molecule has 2 nitrogen and oxygen atoms in total. The third-order valence-corrected chi connectivity index (χ3v) is 4.86. The maximum Gasteiger partial charge on any atom is 0.0548 e. The fourth-order valence-corrected chi connectivity index (χ4v) is 2.75. The van der Waals surface area contributed by atoms with Crippen molar-refractivity contribution in [3.05, 3.63) is 33.3 Å². The molecule has 0 aromatic heterocycles. The molecule has 0 aliphatic carbocycles. The summed E-state index contributed by atoms with van der Waals surface area (Å²) in [6.07, 6.45) is 2.46. The van der Waals surface area contributed by atoms with Crippen molar-refractivity contribution in [2.75, 3.05) is 19.6 Å². The lowest BCUT2D eigenvalue weighted by atomic mass is 10.1. The van der Waals surface area contributed by atoms with Crippen molar-refractivity contribution >= 4 is 27.5 Å². The lowest BCUT2D eigenvalue weighted by molar-refractivity contribution is 0.290. The number of rotatable bonds is 9. The molecule has 1 unspecified atom stereocenters. The Morgan fingerprint density at radius 2 is 2.00 bits per heavy atom. The van der Waals surface area contributed by atoms with Gasteiger partial charge in [0, 0.05) is 17.1 Å². The molecular formula is C16H26BrClN2. The molecule has 0 aliphatic rings. The summed E-state index contributed by atoms with van der Waals surface area (Å²) in [5.41, 5.74) is 1.26. The highest BCUT2D eigenvalue weighted by Crippen LogP contribution is 2.23. The van der Waals surface area contributed by atoms with Crippen LogP contribution in [0.3, 0.4) is 0 Å². The first-order chi connectivity index (χ1) is 9.56. The Kier molecular flexibility index (Phi) is 8.78. The second-order valence-corrected chi connectivity index (χ2v) is 6.46. The van der Waals surface area contributed by atoms with Gasteiger partial charge in [-0.05, 0) is 73.0 Å². The molecule has 0 heterocycles. The molecule has 20 heavy (non-hydrogen) atoms. The molecular weight excluding hydrogens is 336 g/mol. The minimum Gasteiger partial charge on any atom is -0.310 e. The fraction of sp³-hybridized carbons (Fsp3) is 0.625. The number of nitrogens with one attached hydrogen (secondary N) is 1. The van der Waals surface area contributed by atoms with Gasteiger partial charge in [0.2, 0.25) is 0 Å². The van der Waals surface area contributed by atoms with Crippen LogP contribution in [0, 0.1) is 0 Å². The van der Waals surface area contributed by atoms with Crippen molar-refractivity contribution in [3.63, 3.8) is 0 Å². The lowest BCUT2D eigenvalue weighted by Crippen LogP contribution is -2.28. The molecule has 0 saturated heterocycles. The topological polar surface area (TPSA) is 15.3 Å². The lowest BCUT2D eigenvalue weighted by Gasteiger charge is -2.20. The largest absolute Gasteiger partial charge is 0.310 e. The first-order valence-electron chi connectivity index (χ1n) is 7.46.